The average molecular weight is 233 g/mol. The molecule has 0 saturated heterocycles. The van der Waals surface area contributed by atoms with Crippen molar-refractivity contribution in [1.29, 1.82) is 0 Å². The zero-order valence-electron chi connectivity index (χ0n) is 8.75. The zero-order valence-corrected chi connectivity index (χ0v) is 9.57. The predicted octanol–water partition coefficient (Wildman–Crippen LogP) is 1.52. The van der Waals surface area contributed by atoms with E-state index in [9.17, 15) is 0 Å². The predicted molar refractivity (Wildman–Crippen MR) is 66.0 cm³/mol. The van der Waals surface area contributed by atoms with E-state index in [1.807, 2.05) is 35.0 Å². The molecule has 0 fully saturated rings. The highest BCUT2D eigenvalue weighted by Crippen LogP contribution is 2.16. The Labute approximate surface area is 98.7 Å². The fourth-order valence-electron chi connectivity index (χ4n) is 1.47. The Bertz CT molecular complexity index is 521. The van der Waals surface area contributed by atoms with Gasteiger partial charge in [-0.05, 0) is 18.2 Å². The summed E-state index contributed by atoms with van der Waals surface area (Å²) in [6, 6.07) is 7.45. The van der Waals surface area contributed by atoms with Crippen LogP contribution < -0.4 is 10.5 Å². The third-order valence-electron chi connectivity index (χ3n) is 2.21. The molecular weight excluding hydrogens is 222 g/mol. The third-order valence-corrected chi connectivity index (χ3v) is 2.42. The number of nitrogens with two attached hydrogens (primary N) is 1. The molecule has 2 aromatic rings. The molecule has 2 aromatic heterocycles. The Morgan fingerprint density at radius 2 is 2.31 bits per heavy atom. The van der Waals surface area contributed by atoms with E-state index in [4.69, 9.17) is 22.7 Å². The second-order valence-corrected chi connectivity index (χ2v) is 3.62. The van der Waals surface area contributed by atoms with Crippen LogP contribution in [0.2, 0.25) is 0 Å². The Morgan fingerprint density at radius 3 is 3.00 bits per heavy atom. The lowest BCUT2D eigenvalue weighted by molar-refractivity contribution is 0.397. The van der Waals surface area contributed by atoms with Gasteiger partial charge in [-0.15, -0.1) is 0 Å². The molecule has 0 spiro atoms. The summed E-state index contributed by atoms with van der Waals surface area (Å²) in [5.41, 5.74) is 7.34. The number of nitrogens with zero attached hydrogens (tertiary/aromatic N) is 2. The molecule has 0 unspecified atom stereocenters. The van der Waals surface area contributed by atoms with Crippen molar-refractivity contribution in [2.24, 2.45) is 5.73 Å². The van der Waals surface area contributed by atoms with E-state index < -0.39 is 0 Å². The van der Waals surface area contributed by atoms with Crippen molar-refractivity contribution < 1.29 is 4.74 Å². The molecule has 0 bridgehead atoms. The largest absolute Gasteiger partial charge is 0.481 e. The van der Waals surface area contributed by atoms with Gasteiger partial charge in [0.05, 0.1) is 18.5 Å². The van der Waals surface area contributed by atoms with Crippen molar-refractivity contribution in [1.82, 2.24) is 9.55 Å². The van der Waals surface area contributed by atoms with Crippen molar-refractivity contribution in [2.45, 2.75) is 0 Å². The van der Waals surface area contributed by atoms with Gasteiger partial charge in [0.15, 0.2) is 0 Å². The summed E-state index contributed by atoms with van der Waals surface area (Å²) in [7, 11) is 1.58. The van der Waals surface area contributed by atoms with Crippen molar-refractivity contribution in [3.05, 3.63) is 42.4 Å². The maximum Gasteiger partial charge on any atom is 0.215 e. The van der Waals surface area contributed by atoms with E-state index in [1.54, 1.807) is 13.3 Å². The van der Waals surface area contributed by atoms with E-state index in [0.717, 1.165) is 11.4 Å². The monoisotopic (exact) mass is 233 g/mol. The first kappa shape index (κ1) is 10.6. The molecule has 82 valence electrons. The number of methoxy groups -OCH3 is 1. The van der Waals surface area contributed by atoms with Crippen LogP contribution in [0.5, 0.6) is 5.88 Å². The van der Waals surface area contributed by atoms with Gasteiger partial charge in [0.2, 0.25) is 5.88 Å². The molecule has 2 rings (SSSR count). The summed E-state index contributed by atoms with van der Waals surface area (Å²) in [6.45, 7) is 0. The summed E-state index contributed by atoms with van der Waals surface area (Å²) in [4.78, 5) is 4.40. The van der Waals surface area contributed by atoms with Crippen molar-refractivity contribution in [3.8, 4) is 11.6 Å². The number of hydrogen-bond acceptors (Lipinski definition) is 3. The molecule has 0 aliphatic rings. The maximum absolute atomic E-state index is 5.63. The molecule has 0 aliphatic heterocycles. The van der Waals surface area contributed by atoms with Crippen molar-refractivity contribution >= 4 is 17.2 Å². The molecule has 4 nitrogen and oxygen atoms in total. The zero-order chi connectivity index (χ0) is 11.5. The molecule has 0 aliphatic carbocycles. The molecule has 0 radical (unpaired) electrons. The molecule has 0 aromatic carbocycles. The quantitative estimate of drug-likeness (QED) is 0.817. The fraction of sp³-hybridized carbons (Fsp3) is 0.0909. The molecule has 2 heterocycles. The molecule has 16 heavy (non-hydrogen) atoms. The van der Waals surface area contributed by atoms with Crippen LogP contribution >= 0.6 is 12.2 Å². The Hall–Kier alpha value is -1.88. The van der Waals surface area contributed by atoms with Crippen LogP contribution in [0.4, 0.5) is 0 Å². The van der Waals surface area contributed by atoms with Gasteiger partial charge >= 0.3 is 0 Å². The van der Waals surface area contributed by atoms with E-state index in [-0.39, 0.29) is 0 Å². The lowest BCUT2D eigenvalue weighted by Crippen LogP contribution is -2.14. The van der Waals surface area contributed by atoms with Gasteiger partial charge in [0.1, 0.15) is 4.99 Å². The van der Waals surface area contributed by atoms with Crippen LogP contribution in [-0.4, -0.2) is 21.6 Å². The van der Waals surface area contributed by atoms with E-state index in [2.05, 4.69) is 4.98 Å². The van der Waals surface area contributed by atoms with E-state index in [1.165, 1.54) is 0 Å². The minimum Gasteiger partial charge on any atom is -0.481 e. The molecule has 0 saturated carbocycles. The lowest BCUT2D eigenvalue weighted by atomic mass is 10.3. The molecule has 0 amide bonds. The minimum absolute atomic E-state index is 0.362. The number of pyridine rings is 1. The van der Waals surface area contributed by atoms with Crippen molar-refractivity contribution in [3.63, 3.8) is 0 Å². The number of hydrogen-bond donors (Lipinski definition) is 1. The van der Waals surface area contributed by atoms with Gasteiger partial charge in [-0.2, -0.15) is 0 Å². The van der Waals surface area contributed by atoms with Crippen LogP contribution in [0.15, 0.2) is 36.7 Å². The summed E-state index contributed by atoms with van der Waals surface area (Å²) >= 11 is 4.97. The smallest absolute Gasteiger partial charge is 0.215 e. The van der Waals surface area contributed by atoms with Crippen molar-refractivity contribution in [2.75, 3.05) is 7.11 Å². The van der Waals surface area contributed by atoms with Crippen LogP contribution in [0, 0.1) is 0 Å². The highest BCUT2D eigenvalue weighted by Gasteiger charge is 2.06. The Kier molecular flexibility index (Phi) is 2.87. The standard InChI is InChI=1S/C11H11N3OS/c1-15-10-7-8(4-5-13-10)14-6-2-3-9(14)11(12)16/h2-7H,1H3,(H2,12,16). The Balaban J connectivity index is 2.50. The van der Waals surface area contributed by atoms with Gasteiger partial charge in [-0.1, -0.05) is 12.2 Å². The van der Waals surface area contributed by atoms with Gasteiger partial charge in [-0.25, -0.2) is 4.98 Å². The number of aromatic nitrogens is 2. The van der Waals surface area contributed by atoms with Crippen LogP contribution in [0.25, 0.3) is 5.69 Å². The topological polar surface area (TPSA) is 53.1 Å². The van der Waals surface area contributed by atoms with E-state index >= 15 is 0 Å². The second kappa shape index (κ2) is 4.32. The summed E-state index contributed by atoms with van der Waals surface area (Å²) in [5.74, 6) is 0.556. The van der Waals surface area contributed by atoms with Crippen LogP contribution in [-0.2, 0) is 0 Å². The third kappa shape index (κ3) is 1.90. The fourth-order valence-corrected chi connectivity index (χ4v) is 1.63. The molecular formula is C11H11N3OS. The minimum atomic E-state index is 0.362. The van der Waals surface area contributed by atoms with Gasteiger partial charge in [0, 0.05) is 18.5 Å². The van der Waals surface area contributed by atoms with Gasteiger partial charge in [-0.3, -0.25) is 0 Å². The number of ether oxygens (including phenoxy) is 1. The highest BCUT2D eigenvalue weighted by atomic mass is 32.1. The number of thiocarbonyl (C=S) groups is 1. The average Bonchev–Trinajstić information content (AvgIpc) is 2.78. The summed E-state index contributed by atoms with van der Waals surface area (Å²) < 4.78 is 6.96. The molecule has 0 atom stereocenters. The van der Waals surface area contributed by atoms with Crippen LogP contribution in [0.1, 0.15) is 5.69 Å². The SMILES string of the molecule is COc1cc(-n2cccc2C(N)=S)ccn1. The van der Waals surface area contributed by atoms with Gasteiger partial charge in [0.25, 0.3) is 0 Å². The highest BCUT2D eigenvalue weighted by molar-refractivity contribution is 7.80. The van der Waals surface area contributed by atoms with Gasteiger partial charge < -0.3 is 15.0 Å². The first-order valence-electron chi connectivity index (χ1n) is 4.70. The van der Waals surface area contributed by atoms with Crippen LogP contribution in [0.3, 0.4) is 0 Å². The maximum atomic E-state index is 5.63. The second-order valence-electron chi connectivity index (χ2n) is 3.18. The summed E-state index contributed by atoms with van der Waals surface area (Å²) in [5, 5.41) is 0. The first-order valence-corrected chi connectivity index (χ1v) is 5.11. The van der Waals surface area contributed by atoms with E-state index in [0.29, 0.717) is 10.9 Å². The number of rotatable bonds is 3. The lowest BCUT2D eigenvalue weighted by Gasteiger charge is -2.08. The normalized spacial score (nSPS) is 10.1. The Morgan fingerprint density at radius 1 is 1.50 bits per heavy atom. The molecule has 5 heteroatoms. The first-order chi connectivity index (χ1) is 7.72. The summed E-state index contributed by atoms with van der Waals surface area (Å²) in [6.07, 6.45) is 3.57. The molecule has 2 N–H and O–H groups in total.